The fraction of sp³-hybridized carbons (Fsp3) is 0.0333. The molecular weight excluding hydrogens is 434 g/mol. The minimum atomic E-state index is -0.631. The van der Waals surface area contributed by atoms with E-state index in [-0.39, 0.29) is 10.6 Å². The summed E-state index contributed by atoms with van der Waals surface area (Å²) in [6.07, 6.45) is 7.58. The van der Waals surface area contributed by atoms with Crippen molar-refractivity contribution in [3.05, 3.63) is 166 Å². The first kappa shape index (κ1) is 22.0. The van der Waals surface area contributed by atoms with Gasteiger partial charge < -0.3 is 4.57 Å². The third kappa shape index (κ3) is 4.27. The number of nitro groups is 1. The normalized spacial score (nSPS) is 11.5. The summed E-state index contributed by atoms with van der Waals surface area (Å²) in [6.45, 7) is 0. The predicted octanol–water partition coefficient (Wildman–Crippen LogP) is 6.80. The highest BCUT2D eigenvalue weighted by molar-refractivity contribution is 5.69. The first-order valence-corrected chi connectivity index (χ1v) is 11.3. The number of nitro benzene ring substituents is 1. The summed E-state index contributed by atoms with van der Waals surface area (Å²) in [4.78, 5) is 15.4. The Hall–Kier alpha value is -4.77. The monoisotopic (exact) mass is 457 g/mol. The van der Waals surface area contributed by atoms with E-state index in [1.165, 1.54) is 6.07 Å². The van der Waals surface area contributed by atoms with Crippen molar-refractivity contribution in [2.45, 2.75) is 5.54 Å². The summed E-state index contributed by atoms with van der Waals surface area (Å²) in [5, 5.41) is 11.1. The molecule has 0 saturated heterocycles. The molecule has 0 fully saturated rings. The van der Waals surface area contributed by atoms with Crippen molar-refractivity contribution in [1.82, 2.24) is 9.55 Å². The van der Waals surface area contributed by atoms with Crippen LogP contribution < -0.4 is 0 Å². The average molecular weight is 458 g/mol. The number of rotatable bonds is 7. The number of nitrogens with zero attached hydrogens (tertiary/aromatic N) is 3. The van der Waals surface area contributed by atoms with Gasteiger partial charge in [-0.1, -0.05) is 109 Å². The van der Waals surface area contributed by atoms with E-state index < -0.39 is 5.54 Å². The van der Waals surface area contributed by atoms with Crippen molar-refractivity contribution < 1.29 is 4.92 Å². The van der Waals surface area contributed by atoms with Gasteiger partial charge in [-0.3, -0.25) is 10.1 Å². The van der Waals surface area contributed by atoms with Gasteiger partial charge in [0.25, 0.3) is 5.69 Å². The molecule has 1 aromatic heterocycles. The summed E-state index contributed by atoms with van der Waals surface area (Å²) in [5.41, 5.74) is 4.28. The lowest BCUT2D eigenvalue weighted by Crippen LogP contribution is -2.36. The highest BCUT2D eigenvalue weighted by atomic mass is 16.6. The van der Waals surface area contributed by atoms with Gasteiger partial charge in [0.1, 0.15) is 5.54 Å². The molecule has 0 spiro atoms. The van der Waals surface area contributed by atoms with Gasteiger partial charge in [0.05, 0.1) is 16.9 Å². The molecular formula is C30H23N3O2. The molecule has 0 saturated carbocycles. The summed E-state index contributed by atoms with van der Waals surface area (Å²) in [6, 6.07) is 37.7. The van der Waals surface area contributed by atoms with Gasteiger partial charge in [-0.2, -0.15) is 0 Å². The maximum Gasteiger partial charge on any atom is 0.270 e. The molecule has 0 bridgehead atoms. The highest BCUT2D eigenvalue weighted by Gasteiger charge is 2.38. The van der Waals surface area contributed by atoms with Gasteiger partial charge >= 0.3 is 0 Å². The molecule has 1 heterocycles. The molecule has 5 rings (SSSR count). The second kappa shape index (κ2) is 9.61. The van der Waals surface area contributed by atoms with Crippen molar-refractivity contribution >= 4 is 17.8 Å². The van der Waals surface area contributed by atoms with Crippen molar-refractivity contribution in [2.24, 2.45) is 0 Å². The average Bonchev–Trinajstić information content (AvgIpc) is 3.39. The van der Waals surface area contributed by atoms with Gasteiger partial charge in [-0.25, -0.2) is 4.98 Å². The van der Waals surface area contributed by atoms with Gasteiger partial charge in [0.2, 0.25) is 0 Å². The van der Waals surface area contributed by atoms with E-state index in [1.54, 1.807) is 12.1 Å². The van der Waals surface area contributed by atoms with Crippen LogP contribution in [0.2, 0.25) is 0 Å². The summed E-state index contributed by atoms with van der Waals surface area (Å²) in [7, 11) is 0. The molecule has 5 heteroatoms. The van der Waals surface area contributed by atoms with Gasteiger partial charge in [0, 0.05) is 18.3 Å². The molecule has 0 amide bonds. The van der Waals surface area contributed by atoms with Crippen LogP contribution in [0.15, 0.2) is 128 Å². The van der Waals surface area contributed by atoms with Crippen molar-refractivity contribution in [2.75, 3.05) is 0 Å². The molecule has 5 aromatic rings. The number of hydrogen-bond donors (Lipinski definition) is 0. The van der Waals surface area contributed by atoms with Gasteiger partial charge in [0.15, 0.2) is 0 Å². The summed E-state index contributed by atoms with van der Waals surface area (Å²) < 4.78 is 2.14. The third-order valence-electron chi connectivity index (χ3n) is 6.09. The molecule has 0 aliphatic carbocycles. The van der Waals surface area contributed by atoms with E-state index in [0.717, 1.165) is 27.9 Å². The van der Waals surface area contributed by atoms with Gasteiger partial charge in [-0.15, -0.1) is 0 Å². The number of benzene rings is 4. The smallest absolute Gasteiger partial charge is 0.270 e. The van der Waals surface area contributed by atoms with Crippen LogP contribution in [0.25, 0.3) is 12.2 Å². The molecule has 0 unspecified atom stereocenters. The molecule has 35 heavy (non-hydrogen) atoms. The van der Waals surface area contributed by atoms with E-state index in [9.17, 15) is 10.1 Å². The van der Waals surface area contributed by atoms with Crippen LogP contribution >= 0.6 is 0 Å². The number of non-ortho nitro benzene ring substituents is 1. The zero-order chi connectivity index (χ0) is 24.1. The van der Waals surface area contributed by atoms with Crippen molar-refractivity contribution in [3.8, 4) is 0 Å². The van der Waals surface area contributed by atoms with Crippen molar-refractivity contribution in [1.29, 1.82) is 0 Å². The molecule has 0 aliphatic rings. The van der Waals surface area contributed by atoms with Crippen LogP contribution in [-0.2, 0) is 5.54 Å². The summed E-state index contributed by atoms with van der Waals surface area (Å²) >= 11 is 0. The molecule has 5 nitrogen and oxygen atoms in total. The van der Waals surface area contributed by atoms with Crippen LogP contribution in [0.3, 0.4) is 0 Å². The van der Waals surface area contributed by atoms with Crippen LogP contribution in [0, 0.1) is 10.1 Å². The molecule has 0 aliphatic heterocycles. The first-order chi connectivity index (χ1) is 17.2. The third-order valence-corrected chi connectivity index (χ3v) is 6.09. The van der Waals surface area contributed by atoms with Crippen LogP contribution in [0.5, 0.6) is 0 Å². The Kier molecular flexibility index (Phi) is 6.05. The second-order valence-corrected chi connectivity index (χ2v) is 8.20. The van der Waals surface area contributed by atoms with Gasteiger partial charge in [-0.05, 0) is 28.3 Å². The molecule has 4 aromatic carbocycles. The van der Waals surface area contributed by atoms with Crippen LogP contribution in [0.1, 0.15) is 27.9 Å². The SMILES string of the molecule is O=[N+]([O-])c1cccc(/C=C/c2cn(C(c3ccccc3)(c3ccccc3)c3ccccc3)cn2)c1. The van der Waals surface area contributed by atoms with E-state index in [1.807, 2.05) is 48.9 Å². The van der Waals surface area contributed by atoms with E-state index in [0.29, 0.717) is 0 Å². The molecule has 0 radical (unpaired) electrons. The summed E-state index contributed by atoms with van der Waals surface area (Å²) in [5.74, 6) is 0. The second-order valence-electron chi connectivity index (χ2n) is 8.20. The van der Waals surface area contributed by atoms with E-state index in [2.05, 4.69) is 82.3 Å². The Labute approximate surface area is 203 Å². The fourth-order valence-electron chi connectivity index (χ4n) is 4.52. The minimum Gasteiger partial charge on any atom is -0.318 e. The zero-order valence-corrected chi connectivity index (χ0v) is 18.9. The standard InChI is InChI=1S/C30H23N3O2/c34-33(35)29-18-10-11-24(21-29)19-20-28-22-32(23-31-28)30(25-12-4-1-5-13-25,26-14-6-2-7-15-26)27-16-8-3-9-17-27/h1-23H/b20-19+. The van der Waals surface area contributed by atoms with Crippen molar-refractivity contribution in [3.63, 3.8) is 0 Å². The largest absolute Gasteiger partial charge is 0.318 e. The Morgan fingerprint density at radius 2 is 1.26 bits per heavy atom. The van der Waals surface area contributed by atoms with E-state index in [4.69, 9.17) is 0 Å². The Balaban J connectivity index is 1.65. The number of aromatic nitrogens is 2. The molecule has 0 N–H and O–H groups in total. The quantitative estimate of drug-likeness (QED) is 0.153. The first-order valence-electron chi connectivity index (χ1n) is 11.3. The van der Waals surface area contributed by atoms with Crippen LogP contribution in [-0.4, -0.2) is 14.5 Å². The number of hydrogen-bond acceptors (Lipinski definition) is 3. The zero-order valence-electron chi connectivity index (χ0n) is 18.9. The topological polar surface area (TPSA) is 61.0 Å². The maximum atomic E-state index is 11.1. The Morgan fingerprint density at radius 1 is 0.714 bits per heavy atom. The molecule has 0 atom stereocenters. The molecule has 170 valence electrons. The lowest BCUT2D eigenvalue weighted by molar-refractivity contribution is -0.384. The predicted molar refractivity (Wildman–Crippen MR) is 139 cm³/mol. The highest BCUT2D eigenvalue weighted by Crippen LogP contribution is 2.40. The Morgan fingerprint density at radius 3 is 1.77 bits per heavy atom. The van der Waals surface area contributed by atoms with E-state index >= 15 is 0 Å². The van der Waals surface area contributed by atoms with Crippen LogP contribution in [0.4, 0.5) is 5.69 Å². The Bertz CT molecular complexity index is 1360. The lowest BCUT2D eigenvalue weighted by atomic mass is 9.77. The minimum absolute atomic E-state index is 0.0638. The number of imidazole rings is 1. The fourth-order valence-corrected chi connectivity index (χ4v) is 4.52. The maximum absolute atomic E-state index is 11.1. The lowest BCUT2D eigenvalue weighted by Gasteiger charge is -2.37.